The molecule has 0 N–H and O–H groups in total. The maximum Gasteiger partial charge on any atom is 0.243 e. The Bertz CT molecular complexity index is 949. The van der Waals surface area contributed by atoms with Crippen molar-refractivity contribution in [3.05, 3.63) is 41.5 Å². The zero-order valence-corrected chi connectivity index (χ0v) is 16.4. The van der Waals surface area contributed by atoms with Crippen molar-refractivity contribution in [2.45, 2.75) is 56.4 Å². The van der Waals surface area contributed by atoms with Crippen molar-refractivity contribution >= 4 is 10.0 Å². The normalized spacial score (nSPS) is 23.0. The molecule has 0 spiro atoms. The van der Waals surface area contributed by atoms with Crippen molar-refractivity contribution in [1.82, 2.24) is 19.1 Å². The van der Waals surface area contributed by atoms with Crippen LogP contribution in [0, 0.1) is 11.8 Å². The highest BCUT2D eigenvalue weighted by molar-refractivity contribution is 7.89. The molecular weight excluding hydrogens is 360 g/mol. The van der Waals surface area contributed by atoms with E-state index in [1.165, 1.54) is 24.0 Å². The van der Waals surface area contributed by atoms with E-state index in [0.717, 1.165) is 50.4 Å². The number of aromatic nitrogens is 3. The monoisotopic (exact) mass is 386 g/mol. The van der Waals surface area contributed by atoms with E-state index in [0.29, 0.717) is 23.9 Å². The van der Waals surface area contributed by atoms with E-state index in [2.05, 4.69) is 14.8 Å². The smallest absolute Gasteiger partial charge is 0.243 e. The standard InChI is InChI=1S/C20H26N4O2S/c25-27(26,19-7-6-17-2-1-3-18(17)11-19)24-9-8-16(13-24)10-20-22-21-14-23(20)12-15-4-5-15/h6-7,11,14-16H,1-5,8-10,12-13H2/t16-/m1/s1. The predicted octanol–water partition coefficient (Wildman–Crippen LogP) is 2.43. The maximum absolute atomic E-state index is 13.1. The summed E-state index contributed by atoms with van der Waals surface area (Å²) >= 11 is 0. The largest absolute Gasteiger partial charge is 0.317 e. The summed E-state index contributed by atoms with van der Waals surface area (Å²) in [5, 5.41) is 8.36. The first-order valence-corrected chi connectivity index (χ1v) is 11.5. The van der Waals surface area contributed by atoms with Gasteiger partial charge < -0.3 is 4.57 Å². The van der Waals surface area contributed by atoms with E-state index in [9.17, 15) is 8.42 Å². The van der Waals surface area contributed by atoms with Crippen LogP contribution in [0.2, 0.25) is 0 Å². The van der Waals surface area contributed by atoms with E-state index in [1.807, 2.05) is 18.5 Å². The van der Waals surface area contributed by atoms with Gasteiger partial charge in [-0.05, 0) is 73.6 Å². The summed E-state index contributed by atoms with van der Waals surface area (Å²) in [6.07, 6.45) is 9.32. The van der Waals surface area contributed by atoms with Gasteiger partial charge in [-0.1, -0.05) is 6.07 Å². The minimum atomic E-state index is -3.40. The van der Waals surface area contributed by atoms with Gasteiger partial charge in [-0.25, -0.2) is 8.42 Å². The van der Waals surface area contributed by atoms with E-state index >= 15 is 0 Å². The van der Waals surface area contributed by atoms with Gasteiger partial charge in [0.05, 0.1) is 4.90 Å². The fourth-order valence-corrected chi connectivity index (χ4v) is 6.05. The highest BCUT2D eigenvalue weighted by atomic mass is 32.2. The molecule has 3 aliphatic rings. The first kappa shape index (κ1) is 17.4. The molecule has 7 heteroatoms. The van der Waals surface area contributed by atoms with Crippen LogP contribution in [0.5, 0.6) is 0 Å². The highest BCUT2D eigenvalue weighted by Gasteiger charge is 2.34. The van der Waals surface area contributed by atoms with Gasteiger partial charge in [0.2, 0.25) is 10.0 Å². The van der Waals surface area contributed by atoms with Crippen molar-refractivity contribution in [1.29, 1.82) is 0 Å². The van der Waals surface area contributed by atoms with Gasteiger partial charge >= 0.3 is 0 Å². The number of nitrogens with zero attached hydrogens (tertiary/aromatic N) is 4. The van der Waals surface area contributed by atoms with E-state index in [-0.39, 0.29) is 0 Å². The van der Waals surface area contributed by atoms with Crippen LogP contribution in [-0.4, -0.2) is 40.6 Å². The van der Waals surface area contributed by atoms with E-state index in [1.54, 1.807) is 10.4 Å². The minimum Gasteiger partial charge on any atom is -0.317 e. The molecule has 1 saturated heterocycles. The second kappa shape index (κ2) is 6.71. The number of sulfonamides is 1. The third-order valence-electron chi connectivity index (χ3n) is 6.28. The molecule has 2 aromatic rings. The Morgan fingerprint density at radius 3 is 2.78 bits per heavy atom. The molecule has 6 nitrogen and oxygen atoms in total. The second-order valence-electron chi connectivity index (χ2n) is 8.35. The average Bonchev–Trinajstić information content (AvgIpc) is 3.05. The Morgan fingerprint density at radius 1 is 1.07 bits per heavy atom. The van der Waals surface area contributed by atoms with E-state index in [4.69, 9.17) is 0 Å². The molecule has 0 bridgehead atoms. The molecule has 144 valence electrons. The topological polar surface area (TPSA) is 68.1 Å². The number of hydrogen-bond acceptors (Lipinski definition) is 4. The Kier molecular flexibility index (Phi) is 4.31. The Morgan fingerprint density at radius 2 is 1.93 bits per heavy atom. The van der Waals surface area contributed by atoms with Gasteiger partial charge in [0, 0.05) is 26.1 Å². The minimum absolute atomic E-state index is 0.316. The molecule has 1 aliphatic heterocycles. The summed E-state index contributed by atoms with van der Waals surface area (Å²) < 4.78 is 30.0. The molecule has 0 unspecified atom stereocenters. The van der Waals surface area contributed by atoms with Crippen molar-refractivity contribution in [3.8, 4) is 0 Å². The van der Waals surface area contributed by atoms with Gasteiger partial charge in [-0.3, -0.25) is 0 Å². The number of fused-ring (bicyclic) bond motifs is 1. The number of rotatable bonds is 6. The van der Waals surface area contributed by atoms with Gasteiger partial charge in [0.1, 0.15) is 12.2 Å². The van der Waals surface area contributed by atoms with Crippen molar-refractivity contribution in [3.63, 3.8) is 0 Å². The third kappa shape index (κ3) is 3.43. The lowest BCUT2D eigenvalue weighted by Crippen LogP contribution is -2.29. The third-order valence-corrected chi connectivity index (χ3v) is 8.14. The quantitative estimate of drug-likeness (QED) is 0.765. The van der Waals surface area contributed by atoms with Gasteiger partial charge in [0.15, 0.2) is 0 Å². The number of benzene rings is 1. The second-order valence-corrected chi connectivity index (χ2v) is 10.3. The first-order chi connectivity index (χ1) is 13.1. The zero-order valence-electron chi connectivity index (χ0n) is 15.5. The number of aryl methyl sites for hydroxylation is 2. The zero-order chi connectivity index (χ0) is 18.4. The fraction of sp³-hybridized carbons (Fsp3) is 0.600. The van der Waals surface area contributed by atoms with Crippen molar-refractivity contribution in [2.75, 3.05) is 13.1 Å². The average molecular weight is 387 g/mol. The lowest BCUT2D eigenvalue weighted by Gasteiger charge is -2.17. The molecule has 5 rings (SSSR count). The molecule has 0 radical (unpaired) electrons. The lowest BCUT2D eigenvalue weighted by atomic mass is 10.0. The molecule has 2 aliphatic carbocycles. The van der Waals surface area contributed by atoms with Gasteiger partial charge in [-0.2, -0.15) is 4.31 Å². The predicted molar refractivity (Wildman–Crippen MR) is 102 cm³/mol. The summed E-state index contributed by atoms with van der Waals surface area (Å²) in [7, 11) is -3.40. The highest BCUT2D eigenvalue weighted by Crippen LogP contribution is 2.32. The lowest BCUT2D eigenvalue weighted by molar-refractivity contribution is 0.448. The van der Waals surface area contributed by atoms with Crippen LogP contribution in [0.3, 0.4) is 0 Å². The summed E-state index contributed by atoms with van der Waals surface area (Å²) in [4.78, 5) is 0.459. The summed E-state index contributed by atoms with van der Waals surface area (Å²) in [6.45, 7) is 2.18. The van der Waals surface area contributed by atoms with Crippen molar-refractivity contribution < 1.29 is 8.42 Å². The van der Waals surface area contributed by atoms with Crippen LogP contribution in [0.4, 0.5) is 0 Å². The van der Waals surface area contributed by atoms with Crippen LogP contribution in [0.15, 0.2) is 29.4 Å². The maximum atomic E-state index is 13.1. The Balaban J connectivity index is 1.28. The van der Waals surface area contributed by atoms with Gasteiger partial charge in [-0.15, -0.1) is 10.2 Å². The van der Waals surface area contributed by atoms with Crippen molar-refractivity contribution in [2.24, 2.45) is 11.8 Å². The Hall–Kier alpha value is -1.73. The van der Waals surface area contributed by atoms with Crippen LogP contribution in [0.1, 0.15) is 42.6 Å². The molecule has 2 heterocycles. The SMILES string of the molecule is O=S(=O)(c1ccc2c(c1)CCC2)N1CC[C@H](Cc2nncn2CC2CC2)C1. The van der Waals surface area contributed by atoms with Crippen LogP contribution < -0.4 is 0 Å². The van der Waals surface area contributed by atoms with Crippen LogP contribution in [0.25, 0.3) is 0 Å². The summed E-state index contributed by atoms with van der Waals surface area (Å²) in [6, 6.07) is 5.69. The summed E-state index contributed by atoms with van der Waals surface area (Å²) in [5.74, 6) is 2.10. The molecule has 27 heavy (non-hydrogen) atoms. The molecule has 1 aromatic carbocycles. The summed E-state index contributed by atoms with van der Waals surface area (Å²) in [5.41, 5.74) is 2.52. The Labute approximate surface area is 160 Å². The molecule has 0 amide bonds. The molecule has 1 aromatic heterocycles. The van der Waals surface area contributed by atoms with Crippen LogP contribution in [-0.2, 0) is 35.8 Å². The molecular formula is C20H26N4O2S. The number of hydrogen-bond donors (Lipinski definition) is 0. The van der Waals surface area contributed by atoms with Crippen LogP contribution >= 0.6 is 0 Å². The molecule has 2 fully saturated rings. The van der Waals surface area contributed by atoms with E-state index < -0.39 is 10.0 Å². The first-order valence-electron chi connectivity index (χ1n) is 10.1. The fourth-order valence-electron chi connectivity index (χ4n) is 4.47. The van der Waals surface area contributed by atoms with Gasteiger partial charge in [0.25, 0.3) is 0 Å². The molecule has 1 saturated carbocycles. The molecule has 1 atom stereocenters.